The maximum atomic E-state index is 13.4. The number of aromatic amines is 1. The molecule has 0 atom stereocenters. The minimum atomic E-state index is -3.79. The maximum Gasteiger partial charge on any atom is 0.275 e. The Morgan fingerprint density at radius 1 is 1.26 bits per heavy atom. The Morgan fingerprint density at radius 3 is 2.57 bits per heavy atom. The molecule has 2 heterocycles. The van der Waals surface area contributed by atoms with Gasteiger partial charge in [0.2, 0.25) is 15.7 Å². The highest BCUT2D eigenvalue weighted by Crippen LogP contribution is 2.32. The summed E-state index contributed by atoms with van der Waals surface area (Å²) in [6, 6.07) is 4.57. The quantitative estimate of drug-likeness (QED) is 0.298. The van der Waals surface area contributed by atoms with Crippen LogP contribution in [0, 0.1) is 0 Å². The molecule has 1 aliphatic heterocycles. The van der Waals surface area contributed by atoms with Crippen molar-refractivity contribution in [1.82, 2.24) is 19.2 Å². The zero-order valence-corrected chi connectivity index (χ0v) is 21.3. The van der Waals surface area contributed by atoms with Gasteiger partial charge >= 0.3 is 0 Å². The monoisotopic (exact) mass is 507 g/mol. The standard InChI is InChI=1S/C23H34N6O5S/c1-4-6-18(24)20-21(25-3)23(31)27-22(26-20)17-15-16(7-8-19(17)34-5-2)35(32,33)29-11-9-28(10-12-29)13-14-30/h7-8,15,24-25,30H,4-6,9-14H2,1-3H3,(H,26,27,31)/p+1. The first-order valence-corrected chi connectivity index (χ1v) is 13.2. The second-order valence-corrected chi connectivity index (χ2v) is 10.2. The van der Waals surface area contributed by atoms with Gasteiger partial charge in [0.05, 0.1) is 23.7 Å². The van der Waals surface area contributed by atoms with Gasteiger partial charge < -0.3 is 20.1 Å². The van der Waals surface area contributed by atoms with Crippen LogP contribution in [-0.4, -0.2) is 91.4 Å². The Morgan fingerprint density at radius 2 is 1.97 bits per heavy atom. The van der Waals surface area contributed by atoms with Gasteiger partial charge in [-0.15, -0.1) is 0 Å². The number of ether oxygens (including phenoxy) is 1. The Kier molecular flexibility index (Phi) is 9.00. The van der Waals surface area contributed by atoms with Gasteiger partial charge in [0, 0.05) is 46.2 Å². The molecule has 0 unspecified atom stereocenters. The number of H-pyrrole nitrogens is 1. The van der Waals surface area contributed by atoms with E-state index in [4.69, 9.17) is 15.3 Å². The van der Waals surface area contributed by atoms with Crippen LogP contribution < -0.4 is 21.0 Å². The summed E-state index contributed by atoms with van der Waals surface area (Å²) in [5.74, 6) is 0.580. The van der Waals surface area contributed by atoms with Gasteiger partial charge in [0.1, 0.15) is 17.3 Å². The largest absolute Gasteiger partial charge is 0.493 e. The first kappa shape index (κ1) is 26.8. The summed E-state index contributed by atoms with van der Waals surface area (Å²) >= 11 is 0. The molecule has 11 nitrogen and oxygen atoms in total. The normalized spacial score (nSPS) is 15.2. The Bertz CT molecular complexity index is 1210. The Balaban J connectivity index is 2.06. The highest BCUT2D eigenvalue weighted by Gasteiger charge is 2.30. The van der Waals surface area contributed by atoms with Gasteiger partial charge in [-0.1, -0.05) is 6.92 Å². The lowest BCUT2D eigenvalue weighted by Crippen LogP contribution is -2.49. The number of sulfonamides is 1. The summed E-state index contributed by atoms with van der Waals surface area (Å²) in [6.07, 6.45) is 1.34. The first-order chi connectivity index (χ1) is 16.8. The van der Waals surface area contributed by atoms with Gasteiger partial charge in [0.15, 0.2) is 5.69 Å². The molecule has 192 valence electrons. The third-order valence-electron chi connectivity index (χ3n) is 5.88. The zero-order chi connectivity index (χ0) is 25.6. The molecule has 0 aliphatic carbocycles. The van der Waals surface area contributed by atoms with Crippen molar-refractivity contribution in [1.29, 1.82) is 0 Å². The summed E-state index contributed by atoms with van der Waals surface area (Å²) in [5, 5.41) is 18.2. The van der Waals surface area contributed by atoms with Crippen molar-refractivity contribution in [2.45, 2.75) is 31.6 Å². The molecule has 1 aliphatic rings. The van der Waals surface area contributed by atoms with Gasteiger partial charge in [-0.25, -0.2) is 13.4 Å². The van der Waals surface area contributed by atoms with Crippen molar-refractivity contribution in [3.05, 3.63) is 34.2 Å². The number of benzene rings is 1. The van der Waals surface area contributed by atoms with E-state index in [0.29, 0.717) is 68.5 Å². The number of hydrogen-bond donors (Lipinski definition) is 4. The van der Waals surface area contributed by atoms with E-state index in [1.54, 1.807) is 13.1 Å². The van der Waals surface area contributed by atoms with E-state index in [-0.39, 0.29) is 23.0 Å². The third-order valence-corrected chi connectivity index (χ3v) is 7.78. The van der Waals surface area contributed by atoms with Crippen molar-refractivity contribution in [2.75, 3.05) is 58.3 Å². The molecular weight excluding hydrogens is 472 g/mol. The number of aromatic nitrogens is 2. The predicted octanol–water partition coefficient (Wildman–Crippen LogP) is -0.476. The first-order valence-electron chi connectivity index (χ1n) is 11.8. The molecule has 5 N–H and O–H groups in total. The lowest BCUT2D eigenvalue weighted by atomic mass is 10.1. The second kappa shape index (κ2) is 11.8. The van der Waals surface area contributed by atoms with E-state index in [9.17, 15) is 13.2 Å². The lowest BCUT2D eigenvalue weighted by Gasteiger charge is -2.33. The van der Waals surface area contributed by atoms with Crippen LogP contribution in [-0.2, 0) is 10.0 Å². The molecule has 1 aromatic heterocycles. The summed E-state index contributed by atoms with van der Waals surface area (Å²) in [4.78, 5) is 22.3. The fraction of sp³-hybridized carbons (Fsp3) is 0.522. The molecule has 1 fully saturated rings. The predicted molar refractivity (Wildman–Crippen MR) is 134 cm³/mol. The van der Waals surface area contributed by atoms with E-state index in [1.807, 2.05) is 18.7 Å². The smallest absolute Gasteiger partial charge is 0.275 e. The Labute approximate surface area is 205 Å². The fourth-order valence-electron chi connectivity index (χ4n) is 4.07. The summed E-state index contributed by atoms with van der Waals surface area (Å²) in [7, 11) is -2.18. The maximum absolute atomic E-state index is 13.4. The molecule has 0 amide bonds. The van der Waals surface area contributed by atoms with E-state index in [0.717, 1.165) is 6.42 Å². The molecule has 2 aromatic rings. The molecule has 0 saturated carbocycles. The van der Waals surface area contributed by atoms with Crippen molar-refractivity contribution < 1.29 is 23.7 Å². The van der Waals surface area contributed by atoms with E-state index < -0.39 is 15.6 Å². The summed E-state index contributed by atoms with van der Waals surface area (Å²) < 4.78 is 34.0. The van der Waals surface area contributed by atoms with Gasteiger partial charge in [0.25, 0.3) is 5.56 Å². The van der Waals surface area contributed by atoms with E-state index >= 15 is 0 Å². The number of rotatable bonds is 11. The van der Waals surface area contributed by atoms with Crippen molar-refractivity contribution >= 4 is 21.4 Å². The van der Waals surface area contributed by atoms with Crippen LogP contribution >= 0.6 is 0 Å². The number of nitrogens with zero attached hydrogens (tertiary/aromatic N) is 3. The zero-order valence-electron chi connectivity index (χ0n) is 20.5. The van der Waals surface area contributed by atoms with Crippen LogP contribution in [0.4, 0.5) is 5.69 Å². The topological polar surface area (TPSA) is 153 Å². The van der Waals surface area contributed by atoms with Crippen LogP contribution in [0.15, 0.2) is 27.9 Å². The second-order valence-electron chi connectivity index (χ2n) is 8.22. The molecule has 1 saturated heterocycles. The molecule has 0 bridgehead atoms. The average Bonchev–Trinajstić information content (AvgIpc) is 2.84. The molecule has 12 heteroatoms. The number of anilines is 1. The molecule has 0 radical (unpaired) electrons. The molecule has 1 aromatic carbocycles. The molecule has 0 spiro atoms. The summed E-state index contributed by atoms with van der Waals surface area (Å²) in [6.45, 7) is 6.43. The van der Waals surface area contributed by atoms with Crippen LogP contribution in [0.1, 0.15) is 32.4 Å². The van der Waals surface area contributed by atoms with Gasteiger partial charge in [-0.3, -0.25) is 15.1 Å². The SMILES string of the molecule is CCCC(=[NH2+])c1nc(-c2cc(S(=O)(=O)N3CCN(CCO)CC3)ccc2OCC)[nH]c(=O)c1NC. The van der Waals surface area contributed by atoms with Crippen molar-refractivity contribution in [2.24, 2.45) is 0 Å². The number of β-amino-alcohol motifs (C(OH)–C–C–N with tert-alkyl or cyclic N) is 1. The number of aliphatic hydroxyl groups is 1. The Hall–Kier alpha value is -2.80. The molecule has 3 rings (SSSR count). The average molecular weight is 508 g/mol. The minimum absolute atomic E-state index is 0.0364. The number of hydrogen-bond acceptors (Lipinski definition) is 8. The number of piperazine rings is 1. The van der Waals surface area contributed by atoms with Crippen LogP contribution in [0.2, 0.25) is 0 Å². The number of nitrogens with one attached hydrogen (secondary N) is 2. The highest BCUT2D eigenvalue weighted by atomic mass is 32.2. The van der Waals surface area contributed by atoms with Crippen LogP contribution in [0.5, 0.6) is 5.75 Å². The summed E-state index contributed by atoms with van der Waals surface area (Å²) in [5.41, 5.74) is 0.997. The van der Waals surface area contributed by atoms with Crippen molar-refractivity contribution in [3.8, 4) is 17.1 Å². The highest BCUT2D eigenvalue weighted by molar-refractivity contribution is 7.89. The molecule has 35 heavy (non-hydrogen) atoms. The van der Waals surface area contributed by atoms with E-state index in [2.05, 4.69) is 15.3 Å². The van der Waals surface area contributed by atoms with E-state index in [1.165, 1.54) is 16.4 Å². The number of aliphatic hydroxyl groups excluding tert-OH is 1. The van der Waals surface area contributed by atoms with Gasteiger partial charge in [-0.05, 0) is 31.5 Å². The number of nitrogens with two attached hydrogens (primary N) is 1. The van der Waals surface area contributed by atoms with Gasteiger partial charge in [-0.2, -0.15) is 4.31 Å². The minimum Gasteiger partial charge on any atom is -0.493 e. The third kappa shape index (κ3) is 5.89. The fourth-order valence-corrected chi connectivity index (χ4v) is 5.52. The molecular formula is C23H35N6O5S+. The van der Waals surface area contributed by atoms with Crippen LogP contribution in [0.25, 0.3) is 11.4 Å². The van der Waals surface area contributed by atoms with Crippen LogP contribution in [0.3, 0.4) is 0 Å². The van der Waals surface area contributed by atoms with Crippen molar-refractivity contribution in [3.63, 3.8) is 0 Å². The lowest BCUT2D eigenvalue weighted by molar-refractivity contribution is -0.115.